The predicted molar refractivity (Wildman–Crippen MR) is 112 cm³/mol. The number of carbonyl (C=O) groups excluding carboxylic acids is 2. The molecule has 1 N–H and O–H groups in total. The molecular formula is C22H25FN4O3. The number of anilines is 3. The number of amides is 2. The van der Waals surface area contributed by atoms with Crippen molar-refractivity contribution >= 4 is 29.0 Å². The van der Waals surface area contributed by atoms with Gasteiger partial charge in [0.25, 0.3) is 0 Å². The maximum Gasteiger partial charge on any atom is 0.229 e. The van der Waals surface area contributed by atoms with Crippen LogP contribution in [0.2, 0.25) is 0 Å². The van der Waals surface area contributed by atoms with Crippen LogP contribution in [0.4, 0.5) is 21.6 Å². The van der Waals surface area contributed by atoms with Crippen LogP contribution in [0.1, 0.15) is 20.3 Å². The van der Waals surface area contributed by atoms with Gasteiger partial charge < -0.3 is 19.9 Å². The summed E-state index contributed by atoms with van der Waals surface area (Å²) in [5.74, 6) is -0.720. The molecule has 2 fully saturated rings. The molecule has 0 aliphatic carbocycles. The van der Waals surface area contributed by atoms with Crippen LogP contribution in [0, 0.1) is 11.7 Å². The molecule has 0 unspecified atom stereocenters. The molecule has 30 heavy (non-hydrogen) atoms. The summed E-state index contributed by atoms with van der Waals surface area (Å²) in [4.78, 5) is 32.9. The molecule has 2 aliphatic heterocycles. The normalized spacial score (nSPS) is 24.2. The second-order valence-electron chi connectivity index (χ2n) is 7.91. The number of nitrogens with one attached hydrogen (secondary N) is 1. The van der Waals surface area contributed by atoms with Crippen molar-refractivity contribution in [3.8, 4) is 0 Å². The number of rotatable bonds is 4. The van der Waals surface area contributed by atoms with E-state index in [1.807, 2.05) is 19.9 Å². The highest BCUT2D eigenvalue weighted by Gasteiger charge is 2.36. The fourth-order valence-corrected chi connectivity index (χ4v) is 4.04. The van der Waals surface area contributed by atoms with Gasteiger partial charge in [-0.25, -0.2) is 9.37 Å². The molecule has 2 saturated heterocycles. The molecule has 1 aromatic heterocycles. The quantitative estimate of drug-likeness (QED) is 0.836. The van der Waals surface area contributed by atoms with Crippen LogP contribution < -0.4 is 15.1 Å². The number of halogens is 1. The third-order valence-electron chi connectivity index (χ3n) is 5.40. The summed E-state index contributed by atoms with van der Waals surface area (Å²) in [7, 11) is 0. The summed E-state index contributed by atoms with van der Waals surface area (Å²) >= 11 is 0. The third-order valence-corrected chi connectivity index (χ3v) is 5.40. The van der Waals surface area contributed by atoms with Gasteiger partial charge in [0, 0.05) is 26.1 Å². The Kier molecular flexibility index (Phi) is 5.67. The topological polar surface area (TPSA) is 74.8 Å². The lowest BCUT2D eigenvalue weighted by molar-refractivity contribution is -0.122. The van der Waals surface area contributed by atoms with E-state index in [9.17, 15) is 14.0 Å². The van der Waals surface area contributed by atoms with E-state index in [0.29, 0.717) is 5.69 Å². The molecule has 0 radical (unpaired) electrons. The van der Waals surface area contributed by atoms with Crippen molar-refractivity contribution in [3.63, 3.8) is 0 Å². The van der Waals surface area contributed by atoms with Crippen molar-refractivity contribution in [1.82, 2.24) is 4.98 Å². The van der Waals surface area contributed by atoms with Gasteiger partial charge in [-0.2, -0.15) is 0 Å². The molecule has 0 saturated carbocycles. The third kappa shape index (κ3) is 4.28. The largest absolute Gasteiger partial charge is 0.372 e. The van der Waals surface area contributed by atoms with Gasteiger partial charge in [0.2, 0.25) is 11.8 Å². The van der Waals surface area contributed by atoms with Crippen LogP contribution >= 0.6 is 0 Å². The minimum atomic E-state index is -0.544. The molecule has 7 nitrogen and oxygen atoms in total. The molecule has 3 atom stereocenters. The lowest BCUT2D eigenvalue weighted by Gasteiger charge is -2.36. The van der Waals surface area contributed by atoms with E-state index < -0.39 is 11.7 Å². The van der Waals surface area contributed by atoms with Gasteiger partial charge in [0.05, 0.1) is 35.7 Å². The molecule has 0 spiro atoms. The van der Waals surface area contributed by atoms with Crippen LogP contribution in [-0.4, -0.2) is 48.6 Å². The first-order chi connectivity index (χ1) is 14.4. The number of pyridine rings is 1. The van der Waals surface area contributed by atoms with E-state index in [2.05, 4.69) is 15.2 Å². The van der Waals surface area contributed by atoms with E-state index in [1.54, 1.807) is 30.5 Å². The van der Waals surface area contributed by atoms with Gasteiger partial charge in [-0.3, -0.25) is 9.59 Å². The van der Waals surface area contributed by atoms with Crippen molar-refractivity contribution in [3.05, 3.63) is 48.4 Å². The Balaban J connectivity index is 1.38. The predicted octanol–water partition coefficient (Wildman–Crippen LogP) is 2.83. The lowest BCUT2D eigenvalue weighted by atomic mass is 10.1. The van der Waals surface area contributed by atoms with Gasteiger partial charge in [0.15, 0.2) is 0 Å². The Morgan fingerprint density at radius 3 is 2.53 bits per heavy atom. The fourth-order valence-electron chi connectivity index (χ4n) is 4.04. The Morgan fingerprint density at radius 2 is 1.87 bits per heavy atom. The van der Waals surface area contributed by atoms with Gasteiger partial charge >= 0.3 is 0 Å². The number of hydrogen-bond acceptors (Lipinski definition) is 5. The Morgan fingerprint density at radius 1 is 1.13 bits per heavy atom. The molecule has 4 rings (SSSR count). The molecule has 8 heteroatoms. The second kappa shape index (κ2) is 8.39. The lowest BCUT2D eigenvalue weighted by Crippen LogP contribution is -2.45. The molecule has 3 heterocycles. The maximum atomic E-state index is 14.0. The molecule has 1 aromatic carbocycles. The van der Waals surface area contributed by atoms with E-state index >= 15 is 0 Å². The highest BCUT2D eigenvalue weighted by Crippen LogP contribution is 2.28. The fraction of sp³-hybridized carbons (Fsp3) is 0.409. The van der Waals surface area contributed by atoms with Crippen molar-refractivity contribution in [1.29, 1.82) is 0 Å². The molecule has 0 bridgehead atoms. The zero-order valence-corrected chi connectivity index (χ0v) is 17.0. The zero-order valence-electron chi connectivity index (χ0n) is 17.0. The monoisotopic (exact) mass is 412 g/mol. The first-order valence-electron chi connectivity index (χ1n) is 10.1. The smallest absolute Gasteiger partial charge is 0.229 e. The van der Waals surface area contributed by atoms with E-state index in [0.717, 1.165) is 18.9 Å². The van der Waals surface area contributed by atoms with Gasteiger partial charge in [-0.15, -0.1) is 0 Å². The maximum absolute atomic E-state index is 14.0. The zero-order chi connectivity index (χ0) is 21.3. The molecule has 158 valence electrons. The van der Waals surface area contributed by atoms with Crippen molar-refractivity contribution < 1.29 is 18.7 Å². The van der Waals surface area contributed by atoms with Crippen molar-refractivity contribution in [2.75, 3.05) is 34.8 Å². The first kappa shape index (κ1) is 20.3. The Hall–Kier alpha value is -3.00. The van der Waals surface area contributed by atoms with E-state index in [1.165, 1.54) is 11.0 Å². The average Bonchev–Trinajstić information content (AvgIpc) is 3.10. The van der Waals surface area contributed by atoms with Crippen LogP contribution in [0.15, 0.2) is 42.6 Å². The number of hydrogen-bond donors (Lipinski definition) is 1. The van der Waals surface area contributed by atoms with Crippen LogP contribution in [0.5, 0.6) is 0 Å². The summed E-state index contributed by atoms with van der Waals surface area (Å²) in [6.45, 7) is 5.74. The van der Waals surface area contributed by atoms with Crippen molar-refractivity contribution in [2.45, 2.75) is 32.5 Å². The number of para-hydroxylation sites is 1. The highest BCUT2D eigenvalue weighted by molar-refractivity contribution is 6.03. The Labute approximate surface area is 174 Å². The molecule has 2 amide bonds. The number of benzene rings is 1. The number of aromatic nitrogens is 1. The van der Waals surface area contributed by atoms with Crippen LogP contribution in [-0.2, 0) is 14.3 Å². The highest BCUT2D eigenvalue weighted by atomic mass is 19.1. The summed E-state index contributed by atoms with van der Waals surface area (Å²) in [6, 6.07) is 9.76. The standard InChI is InChI=1S/C22H25FN4O3/c1-14-11-26(12-15(2)30-14)20-8-7-17(10-24-20)25-22(29)16-9-21(28)27(13-16)19-6-4-3-5-18(19)23/h3-8,10,14-16H,9,11-13H2,1-2H3,(H,25,29)/t14-,15-,16+/m1/s1. The van der Waals surface area contributed by atoms with Crippen LogP contribution in [0.3, 0.4) is 0 Å². The number of nitrogens with zero attached hydrogens (tertiary/aromatic N) is 3. The SMILES string of the molecule is C[C@@H]1CN(c2ccc(NC(=O)[C@H]3CC(=O)N(c4ccccc4F)C3)cn2)C[C@@H](C)O1. The first-order valence-corrected chi connectivity index (χ1v) is 10.1. The second-order valence-corrected chi connectivity index (χ2v) is 7.91. The summed E-state index contributed by atoms with van der Waals surface area (Å²) in [5, 5.41) is 2.82. The number of morpholine rings is 1. The van der Waals surface area contributed by atoms with E-state index in [4.69, 9.17) is 4.74 Å². The van der Waals surface area contributed by atoms with Gasteiger partial charge in [-0.05, 0) is 38.1 Å². The summed E-state index contributed by atoms with van der Waals surface area (Å²) in [6.07, 6.45) is 1.93. The minimum Gasteiger partial charge on any atom is -0.372 e. The van der Waals surface area contributed by atoms with Crippen molar-refractivity contribution in [2.24, 2.45) is 5.92 Å². The molecular weight excluding hydrogens is 387 g/mol. The summed E-state index contributed by atoms with van der Waals surface area (Å²) < 4.78 is 19.8. The molecule has 2 aliphatic rings. The van der Waals surface area contributed by atoms with Gasteiger partial charge in [0.1, 0.15) is 11.6 Å². The van der Waals surface area contributed by atoms with Gasteiger partial charge in [-0.1, -0.05) is 12.1 Å². The average molecular weight is 412 g/mol. The minimum absolute atomic E-state index is 0.0508. The van der Waals surface area contributed by atoms with Crippen LogP contribution in [0.25, 0.3) is 0 Å². The summed E-state index contributed by atoms with van der Waals surface area (Å²) in [5.41, 5.74) is 0.771. The Bertz CT molecular complexity index is 926. The number of carbonyl (C=O) groups is 2. The molecule has 2 aromatic rings. The van der Waals surface area contributed by atoms with E-state index in [-0.39, 0.29) is 42.7 Å². The number of ether oxygens (including phenoxy) is 1.